The normalized spacial score (nSPS) is 19.2. The number of hydrogen-bond donors (Lipinski definition) is 2. The van der Waals surface area contributed by atoms with Gasteiger partial charge < -0.3 is 15.0 Å². The van der Waals surface area contributed by atoms with Crippen LogP contribution < -0.4 is 4.90 Å². The third-order valence-electron chi connectivity index (χ3n) is 3.52. The molecular formula is C12H14N4O3. The molecule has 1 aromatic carbocycles. The molecule has 7 nitrogen and oxygen atoms in total. The minimum atomic E-state index is -0.424. The van der Waals surface area contributed by atoms with Crippen LogP contribution in [0.4, 0.5) is 11.6 Å². The molecular weight excluding hydrogens is 248 g/mol. The number of aliphatic hydroxyl groups is 1. The summed E-state index contributed by atoms with van der Waals surface area (Å²) in [7, 11) is 0. The Bertz CT molecular complexity index is 624. The number of benzene rings is 1. The summed E-state index contributed by atoms with van der Waals surface area (Å²) in [5.41, 5.74) is 1.39. The van der Waals surface area contributed by atoms with E-state index in [-0.39, 0.29) is 18.3 Å². The number of non-ortho nitro benzene ring substituents is 1. The smallest absolute Gasteiger partial charge is 0.271 e. The maximum atomic E-state index is 10.7. The van der Waals surface area contributed by atoms with Crippen molar-refractivity contribution in [2.75, 3.05) is 18.1 Å². The van der Waals surface area contributed by atoms with Crippen molar-refractivity contribution >= 4 is 22.7 Å². The zero-order valence-corrected chi connectivity index (χ0v) is 10.2. The van der Waals surface area contributed by atoms with Crippen LogP contribution in [-0.2, 0) is 0 Å². The van der Waals surface area contributed by atoms with Crippen molar-refractivity contribution in [2.45, 2.75) is 18.9 Å². The van der Waals surface area contributed by atoms with Crippen LogP contribution in [0.25, 0.3) is 11.0 Å². The van der Waals surface area contributed by atoms with E-state index in [4.69, 9.17) is 0 Å². The molecule has 3 rings (SSSR count). The quantitative estimate of drug-likeness (QED) is 0.644. The third kappa shape index (κ3) is 2.01. The lowest BCUT2D eigenvalue weighted by atomic mass is 10.2. The van der Waals surface area contributed by atoms with Crippen molar-refractivity contribution < 1.29 is 10.0 Å². The van der Waals surface area contributed by atoms with Crippen LogP contribution in [0.1, 0.15) is 12.8 Å². The van der Waals surface area contributed by atoms with Crippen LogP contribution >= 0.6 is 0 Å². The molecule has 100 valence electrons. The molecule has 0 saturated carbocycles. The standard InChI is InChI=1S/C12H14N4O3/c17-7-9-2-1-5-15(9)12-13-10-4-3-8(16(18)19)6-11(10)14-12/h3-4,6,9,17H,1-2,5,7H2,(H,13,14)/t9-/m1/s1. The number of H-pyrrole nitrogens is 1. The lowest BCUT2D eigenvalue weighted by molar-refractivity contribution is -0.384. The Labute approximate surface area is 109 Å². The first-order chi connectivity index (χ1) is 9.19. The molecule has 1 aromatic heterocycles. The number of fused-ring (bicyclic) bond motifs is 1. The van der Waals surface area contributed by atoms with Gasteiger partial charge in [-0.05, 0) is 18.9 Å². The number of imidazole rings is 1. The second-order valence-corrected chi connectivity index (χ2v) is 4.69. The Morgan fingerprint density at radius 2 is 2.42 bits per heavy atom. The van der Waals surface area contributed by atoms with Crippen molar-refractivity contribution in [3.8, 4) is 0 Å². The Morgan fingerprint density at radius 1 is 1.58 bits per heavy atom. The van der Waals surface area contributed by atoms with Gasteiger partial charge in [-0.15, -0.1) is 0 Å². The summed E-state index contributed by atoms with van der Waals surface area (Å²) in [4.78, 5) is 19.9. The fraction of sp³-hybridized carbons (Fsp3) is 0.417. The van der Waals surface area contributed by atoms with Crippen molar-refractivity contribution in [3.05, 3.63) is 28.3 Å². The Hall–Kier alpha value is -2.15. The summed E-state index contributed by atoms with van der Waals surface area (Å²) >= 11 is 0. The summed E-state index contributed by atoms with van der Waals surface area (Å²) in [6, 6.07) is 4.64. The van der Waals surface area contributed by atoms with E-state index < -0.39 is 4.92 Å². The maximum absolute atomic E-state index is 10.7. The van der Waals surface area contributed by atoms with E-state index in [2.05, 4.69) is 9.97 Å². The van der Waals surface area contributed by atoms with Crippen LogP contribution in [-0.4, -0.2) is 39.2 Å². The van der Waals surface area contributed by atoms with Crippen LogP contribution in [0.3, 0.4) is 0 Å². The minimum Gasteiger partial charge on any atom is -0.394 e. The molecule has 2 aromatic rings. The number of hydrogen-bond acceptors (Lipinski definition) is 5. The van der Waals surface area contributed by atoms with Gasteiger partial charge in [0.1, 0.15) is 0 Å². The zero-order valence-electron chi connectivity index (χ0n) is 10.2. The average Bonchev–Trinajstić information content (AvgIpc) is 3.03. The molecule has 1 aliphatic heterocycles. The van der Waals surface area contributed by atoms with Crippen LogP contribution in [0.2, 0.25) is 0 Å². The van der Waals surface area contributed by atoms with Crippen molar-refractivity contribution in [2.24, 2.45) is 0 Å². The molecule has 0 spiro atoms. The number of nitro groups is 1. The van der Waals surface area contributed by atoms with Gasteiger partial charge in [-0.2, -0.15) is 0 Å². The van der Waals surface area contributed by atoms with Gasteiger partial charge in [-0.1, -0.05) is 0 Å². The number of aromatic amines is 1. The van der Waals surface area contributed by atoms with E-state index in [0.717, 1.165) is 19.4 Å². The fourth-order valence-electron chi connectivity index (χ4n) is 2.54. The first-order valence-corrected chi connectivity index (χ1v) is 6.20. The highest BCUT2D eigenvalue weighted by molar-refractivity contribution is 5.80. The summed E-state index contributed by atoms with van der Waals surface area (Å²) < 4.78 is 0. The number of anilines is 1. The molecule has 0 amide bonds. The lowest BCUT2D eigenvalue weighted by Gasteiger charge is -2.21. The number of aromatic nitrogens is 2. The van der Waals surface area contributed by atoms with Crippen LogP contribution in [0.5, 0.6) is 0 Å². The van der Waals surface area contributed by atoms with E-state index in [0.29, 0.717) is 17.0 Å². The lowest BCUT2D eigenvalue weighted by Crippen LogP contribution is -2.32. The Kier molecular flexibility index (Phi) is 2.83. The van der Waals surface area contributed by atoms with Crippen LogP contribution in [0.15, 0.2) is 18.2 Å². The molecule has 2 N–H and O–H groups in total. The predicted octanol–water partition coefficient (Wildman–Crippen LogP) is 1.43. The molecule has 1 saturated heterocycles. The van der Waals surface area contributed by atoms with Crippen molar-refractivity contribution in [1.82, 2.24) is 9.97 Å². The SMILES string of the molecule is O=[N+]([O-])c1ccc2nc(N3CCC[C@@H]3CO)[nH]c2c1. The molecule has 1 fully saturated rings. The molecule has 1 atom stereocenters. The number of nitrogens with zero attached hydrogens (tertiary/aromatic N) is 3. The number of nitrogens with one attached hydrogen (secondary N) is 1. The molecule has 2 heterocycles. The molecule has 19 heavy (non-hydrogen) atoms. The Balaban J connectivity index is 1.99. The summed E-state index contributed by atoms with van der Waals surface area (Å²) in [6.45, 7) is 0.935. The van der Waals surface area contributed by atoms with Gasteiger partial charge in [0, 0.05) is 18.7 Å². The van der Waals surface area contributed by atoms with Crippen molar-refractivity contribution in [1.29, 1.82) is 0 Å². The van der Waals surface area contributed by atoms with E-state index >= 15 is 0 Å². The molecule has 0 bridgehead atoms. The molecule has 0 unspecified atom stereocenters. The topological polar surface area (TPSA) is 95.3 Å². The number of rotatable bonds is 3. The molecule has 7 heteroatoms. The van der Waals surface area contributed by atoms with E-state index in [9.17, 15) is 15.2 Å². The largest absolute Gasteiger partial charge is 0.394 e. The molecule has 0 radical (unpaired) electrons. The van der Waals surface area contributed by atoms with Gasteiger partial charge in [0.25, 0.3) is 5.69 Å². The zero-order chi connectivity index (χ0) is 13.4. The van der Waals surface area contributed by atoms with Crippen LogP contribution in [0, 0.1) is 10.1 Å². The van der Waals surface area contributed by atoms with E-state index in [1.165, 1.54) is 12.1 Å². The van der Waals surface area contributed by atoms with Gasteiger partial charge in [0.05, 0.1) is 28.6 Å². The van der Waals surface area contributed by atoms with Gasteiger partial charge in [-0.3, -0.25) is 10.1 Å². The minimum absolute atomic E-state index is 0.0443. The van der Waals surface area contributed by atoms with Gasteiger partial charge >= 0.3 is 0 Å². The highest BCUT2D eigenvalue weighted by Gasteiger charge is 2.26. The number of aliphatic hydroxyl groups excluding tert-OH is 1. The second kappa shape index (κ2) is 4.51. The Morgan fingerprint density at radius 3 is 3.16 bits per heavy atom. The van der Waals surface area contributed by atoms with E-state index in [1.807, 2.05) is 4.90 Å². The van der Waals surface area contributed by atoms with E-state index in [1.54, 1.807) is 6.07 Å². The first kappa shape index (κ1) is 11.9. The molecule has 1 aliphatic rings. The monoisotopic (exact) mass is 262 g/mol. The maximum Gasteiger partial charge on any atom is 0.271 e. The van der Waals surface area contributed by atoms with Gasteiger partial charge in [-0.25, -0.2) is 4.98 Å². The highest BCUT2D eigenvalue weighted by Crippen LogP contribution is 2.26. The second-order valence-electron chi connectivity index (χ2n) is 4.69. The third-order valence-corrected chi connectivity index (χ3v) is 3.52. The summed E-state index contributed by atoms with van der Waals surface area (Å²) in [5.74, 6) is 0.673. The fourth-order valence-corrected chi connectivity index (χ4v) is 2.54. The average molecular weight is 262 g/mol. The number of nitro benzene ring substituents is 1. The summed E-state index contributed by atoms with van der Waals surface area (Å²) in [6.07, 6.45) is 1.95. The predicted molar refractivity (Wildman–Crippen MR) is 70.2 cm³/mol. The highest BCUT2D eigenvalue weighted by atomic mass is 16.6. The van der Waals surface area contributed by atoms with Gasteiger partial charge in [0.2, 0.25) is 5.95 Å². The van der Waals surface area contributed by atoms with Gasteiger partial charge in [0.15, 0.2) is 0 Å². The molecule has 0 aliphatic carbocycles. The summed E-state index contributed by atoms with van der Waals surface area (Å²) in [5, 5.41) is 20.1. The first-order valence-electron chi connectivity index (χ1n) is 6.20. The van der Waals surface area contributed by atoms with Crippen molar-refractivity contribution in [3.63, 3.8) is 0 Å².